The van der Waals surface area contributed by atoms with Gasteiger partial charge in [-0.2, -0.15) is 0 Å². The van der Waals surface area contributed by atoms with E-state index < -0.39 is 0 Å². The minimum Gasteiger partial charge on any atom is -0.388 e. The van der Waals surface area contributed by atoms with Crippen LogP contribution < -0.4 is 4.57 Å². The summed E-state index contributed by atoms with van der Waals surface area (Å²) in [6.07, 6.45) is -0.300. The summed E-state index contributed by atoms with van der Waals surface area (Å²) in [6, 6.07) is 20.9. The molecule has 3 nitrogen and oxygen atoms in total. The molecular weight excluding hydrogens is 304 g/mol. The maximum Gasteiger partial charge on any atom is 0.318 e. The van der Waals surface area contributed by atoms with Crippen molar-refractivity contribution >= 4 is 11.8 Å². The molecule has 1 aliphatic heterocycles. The number of hydrogen-bond donors (Lipinski definition) is 1. The Balaban J connectivity index is 2.02. The van der Waals surface area contributed by atoms with Crippen LogP contribution in [0.1, 0.15) is 0 Å². The highest BCUT2D eigenvalue weighted by Gasteiger charge is 2.35. The third-order valence-corrected chi connectivity index (χ3v) is 5.54. The number of imidazole rings is 1. The molecular formula is C19H19N2OS+. The number of hydrogen-bond acceptors (Lipinski definition) is 2. The Morgan fingerprint density at radius 1 is 1.00 bits per heavy atom. The molecule has 116 valence electrons. The van der Waals surface area contributed by atoms with Gasteiger partial charge in [0.15, 0.2) is 11.4 Å². The smallest absolute Gasteiger partial charge is 0.318 e. The average molecular weight is 323 g/mol. The number of rotatable bonds is 2. The van der Waals surface area contributed by atoms with Crippen LogP contribution in [0, 0.1) is 0 Å². The van der Waals surface area contributed by atoms with E-state index in [1.54, 1.807) is 11.8 Å². The number of thioether (sulfide) groups is 1. The van der Waals surface area contributed by atoms with Crippen molar-refractivity contribution in [2.24, 2.45) is 7.05 Å². The molecule has 0 fully saturated rings. The fourth-order valence-corrected chi connectivity index (χ4v) is 4.31. The Morgan fingerprint density at radius 3 is 2.26 bits per heavy atom. The van der Waals surface area contributed by atoms with Crippen LogP contribution in [0.25, 0.3) is 22.5 Å². The molecule has 0 saturated heterocycles. The second-order valence-corrected chi connectivity index (χ2v) is 6.83. The summed E-state index contributed by atoms with van der Waals surface area (Å²) in [6.45, 7) is 0.646. The number of nitrogens with zero attached hydrogens (tertiary/aromatic N) is 2. The zero-order valence-electron chi connectivity index (χ0n) is 13.0. The van der Waals surface area contributed by atoms with E-state index in [1.165, 1.54) is 27.7 Å². The number of aromatic nitrogens is 2. The summed E-state index contributed by atoms with van der Waals surface area (Å²) >= 11 is 1.72. The SMILES string of the molecule is C[n+]1c(-c2ccccc2)c(-c2ccccc2)n2c1SC[C@@H](O)C2. The van der Waals surface area contributed by atoms with E-state index >= 15 is 0 Å². The van der Waals surface area contributed by atoms with Crippen molar-refractivity contribution in [3.05, 3.63) is 60.7 Å². The molecule has 0 aliphatic carbocycles. The van der Waals surface area contributed by atoms with Gasteiger partial charge in [-0.05, 0) is 11.8 Å². The summed E-state index contributed by atoms with van der Waals surface area (Å²) in [5.74, 6) is 0.750. The second-order valence-electron chi connectivity index (χ2n) is 5.85. The summed E-state index contributed by atoms with van der Waals surface area (Å²) in [7, 11) is 2.12. The van der Waals surface area contributed by atoms with Gasteiger partial charge >= 0.3 is 5.16 Å². The Hall–Kier alpha value is -2.04. The maximum atomic E-state index is 10.1. The summed E-state index contributed by atoms with van der Waals surface area (Å²) in [5.41, 5.74) is 4.77. The first kappa shape index (κ1) is 14.5. The van der Waals surface area contributed by atoms with Crippen LogP contribution in [0.5, 0.6) is 0 Å². The van der Waals surface area contributed by atoms with Crippen LogP contribution >= 0.6 is 11.8 Å². The van der Waals surface area contributed by atoms with Crippen molar-refractivity contribution in [3.63, 3.8) is 0 Å². The molecule has 2 aromatic carbocycles. The van der Waals surface area contributed by atoms with Gasteiger partial charge in [0, 0.05) is 16.9 Å². The topological polar surface area (TPSA) is 29.0 Å². The molecule has 4 heteroatoms. The zero-order chi connectivity index (χ0) is 15.8. The molecule has 2 heterocycles. The Bertz CT molecular complexity index is 828. The normalized spacial score (nSPS) is 17.0. The zero-order valence-corrected chi connectivity index (χ0v) is 13.8. The summed E-state index contributed by atoms with van der Waals surface area (Å²) in [5, 5.41) is 11.3. The first-order valence-electron chi connectivity index (χ1n) is 7.80. The number of aliphatic hydroxyl groups excluding tert-OH is 1. The molecule has 1 aromatic heterocycles. The van der Waals surface area contributed by atoms with Crippen LogP contribution in [-0.4, -0.2) is 21.5 Å². The van der Waals surface area contributed by atoms with E-state index in [0.29, 0.717) is 6.54 Å². The van der Waals surface area contributed by atoms with Crippen molar-refractivity contribution in [3.8, 4) is 22.5 Å². The Labute approximate surface area is 140 Å². The molecule has 0 radical (unpaired) electrons. The first-order valence-corrected chi connectivity index (χ1v) is 8.78. The number of benzene rings is 2. The molecule has 0 spiro atoms. The molecule has 23 heavy (non-hydrogen) atoms. The third kappa shape index (κ3) is 2.48. The van der Waals surface area contributed by atoms with Gasteiger partial charge in [0.1, 0.15) is 12.6 Å². The van der Waals surface area contributed by atoms with E-state index in [9.17, 15) is 5.11 Å². The maximum absolute atomic E-state index is 10.1. The van der Waals surface area contributed by atoms with Gasteiger partial charge in [-0.1, -0.05) is 60.7 Å². The lowest BCUT2D eigenvalue weighted by Crippen LogP contribution is -2.35. The number of aliphatic hydroxyl groups is 1. The number of fused-ring (bicyclic) bond motifs is 1. The molecule has 1 aliphatic rings. The third-order valence-electron chi connectivity index (χ3n) is 4.24. The van der Waals surface area contributed by atoms with E-state index in [-0.39, 0.29) is 6.10 Å². The lowest BCUT2D eigenvalue weighted by atomic mass is 10.0. The molecule has 3 aromatic rings. The molecule has 0 bridgehead atoms. The molecule has 1 atom stereocenters. The minimum atomic E-state index is -0.300. The molecule has 0 unspecified atom stereocenters. The van der Waals surface area contributed by atoms with E-state index in [0.717, 1.165) is 5.75 Å². The molecule has 4 rings (SSSR count). The monoisotopic (exact) mass is 323 g/mol. The van der Waals surface area contributed by atoms with E-state index in [4.69, 9.17) is 0 Å². The van der Waals surface area contributed by atoms with Crippen LogP contribution in [0.2, 0.25) is 0 Å². The molecule has 0 saturated carbocycles. The van der Waals surface area contributed by atoms with Crippen molar-refractivity contribution in [1.82, 2.24) is 4.57 Å². The van der Waals surface area contributed by atoms with Gasteiger partial charge in [0.25, 0.3) is 0 Å². The second kappa shape index (κ2) is 5.87. The quantitative estimate of drug-likeness (QED) is 0.734. The van der Waals surface area contributed by atoms with Crippen LogP contribution in [0.15, 0.2) is 65.8 Å². The largest absolute Gasteiger partial charge is 0.388 e. The van der Waals surface area contributed by atoms with Crippen molar-refractivity contribution in [1.29, 1.82) is 0 Å². The van der Waals surface area contributed by atoms with Crippen LogP contribution in [-0.2, 0) is 13.6 Å². The van der Waals surface area contributed by atoms with E-state index in [1.807, 2.05) is 12.1 Å². The lowest BCUT2D eigenvalue weighted by Gasteiger charge is -2.15. The fraction of sp³-hybridized carbons (Fsp3) is 0.211. The predicted molar refractivity (Wildman–Crippen MR) is 93.2 cm³/mol. The van der Waals surface area contributed by atoms with Gasteiger partial charge in [-0.25, -0.2) is 9.13 Å². The Morgan fingerprint density at radius 2 is 1.61 bits per heavy atom. The van der Waals surface area contributed by atoms with Crippen LogP contribution in [0.3, 0.4) is 0 Å². The minimum absolute atomic E-state index is 0.300. The highest BCUT2D eigenvalue weighted by Crippen LogP contribution is 2.36. The predicted octanol–water partition coefficient (Wildman–Crippen LogP) is 3.11. The van der Waals surface area contributed by atoms with Crippen molar-refractivity contribution in [2.75, 3.05) is 5.75 Å². The van der Waals surface area contributed by atoms with Gasteiger partial charge in [0.2, 0.25) is 0 Å². The van der Waals surface area contributed by atoms with Gasteiger partial charge in [-0.3, -0.25) is 0 Å². The molecule has 0 amide bonds. The average Bonchev–Trinajstić information content (AvgIpc) is 2.88. The molecule has 1 N–H and O–H groups in total. The standard InChI is InChI=1S/C19H19N2OS/c1-20-17(14-8-4-2-5-9-14)18(15-10-6-3-7-11-15)21-12-16(22)13-23-19(20)21/h2-11,16,22H,12-13H2,1H3/q+1/t16-/m0/s1. The van der Waals surface area contributed by atoms with Gasteiger partial charge in [0.05, 0.1) is 7.05 Å². The summed E-state index contributed by atoms with van der Waals surface area (Å²) < 4.78 is 4.52. The highest BCUT2D eigenvalue weighted by atomic mass is 32.2. The van der Waals surface area contributed by atoms with Crippen molar-refractivity contribution < 1.29 is 9.67 Å². The highest BCUT2D eigenvalue weighted by molar-refractivity contribution is 7.99. The van der Waals surface area contributed by atoms with E-state index in [2.05, 4.69) is 64.7 Å². The van der Waals surface area contributed by atoms with Gasteiger partial charge in [-0.15, -0.1) is 0 Å². The summed E-state index contributed by atoms with van der Waals surface area (Å²) in [4.78, 5) is 0. The Kier molecular flexibility index (Phi) is 3.71. The van der Waals surface area contributed by atoms with Crippen LogP contribution in [0.4, 0.5) is 0 Å². The van der Waals surface area contributed by atoms with Gasteiger partial charge < -0.3 is 5.11 Å². The first-order chi connectivity index (χ1) is 11.3. The fourth-order valence-electron chi connectivity index (χ4n) is 3.25. The lowest BCUT2D eigenvalue weighted by molar-refractivity contribution is -0.699. The van der Waals surface area contributed by atoms with Crippen molar-refractivity contribution in [2.45, 2.75) is 17.8 Å².